The molecule has 3 heterocycles. The molecular formula is C32H34ClN5O3. The van der Waals surface area contributed by atoms with E-state index in [0.29, 0.717) is 46.6 Å². The molecule has 1 saturated carbocycles. The number of H-pyrrole nitrogens is 1. The molecule has 9 heteroatoms. The minimum atomic E-state index is -0.395. The van der Waals surface area contributed by atoms with Crippen LogP contribution in [0.25, 0.3) is 22.0 Å². The molecule has 41 heavy (non-hydrogen) atoms. The number of pyridine rings is 1. The Morgan fingerprint density at radius 3 is 2.63 bits per heavy atom. The number of aromatic nitrogens is 3. The van der Waals surface area contributed by atoms with Crippen molar-refractivity contribution in [2.24, 2.45) is 0 Å². The SMILES string of the molecule is Cc1cc(C)cc(-c2c(OCCC3CCCCN3)c3cc(C(=O)Nc4ccnc(C5CC5)n4)c(Cl)cc3[nH]c2=O)c1. The lowest BCUT2D eigenvalue weighted by Gasteiger charge is -2.24. The summed E-state index contributed by atoms with van der Waals surface area (Å²) in [4.78, 5) is 38.8. The van der Waals surface area contributed by atoms with Crippen LogP contribution in [0.4, 0.5) is 5.82 Å². The van der Waals surface area contributed by atoms with E-state index in [-0.39, 0.29) is 16.1 Å². The van der Waals surface area contributed by atoms with Crippen LogP contribution in [0.3, 0.4) is 0 Å². The lowest BCUT2D eigenvalue weighted by molar-refractivity contribution is 0.102. The molecule has 1 amide bonds. The second-order valence-corrected chi connectivity index (χ2v) is 11.6. The number of ether oxygens (including phenoxy) is 1. The molecule has 3 N–H and O–H groups in total. The Balaban J connectivity index is 1.40. The molecule has 1 aliphatic carbocycles. The van der Waals surface area contributed by atoms with Crippen molar-refractivity contribution in [1.29, 1.82) is 0 Å². The zero-order chi connectivity index (χ0) is 28.5. The minimum Gasteiger partial charge on any atom is -0.492 e. The fraction of sp³-hybridized carbons (Fsp3) is 0.375. The molecule has 212 valence electrons. The molecule has 2 aliphatic rings. The lowest BCUT2D eigenvalue weighted by Crippen LogP contribution is -2.35. The van der Waals surface area contributed by atoms with Gasteiger partial charge >= 0.3 is 0 Å². The van der Waals surface area contributed by atoms with Gasteiger partial charge in [0.05, 0.1) is 28.3 Å². The van der Waals surface area contributed by atoms with Gasteiger partial charge in [-0.05, 0) is 76.3 Å². The van der Waals surface area contributed by atoms with E-state index in [1.165, 1.54) is 12.8 Å². The van der Waals surface area contributed by atoms with E-state index in [4.69, 9.17) is 16.3 Å². The number of hydrogen-bond donors (Lipinski definition) is 3. The Kier molecular flexibility index (Phi) is 7.77. The van der Waals surface area contributed by atoms with Gasteiger partial charge in [0.1, 0.15) is 17.4 Å². The van der Waals surface area contributed by atoms with Crippen molar-refractivity contribution < 1.29 is 9.53 Å². The standard InChI is InChI=1S/C32H34ClN5O3/c1-18-13-19(2)15-21(14-18)28-29(41-12-9-22-5-3-4-10-34-22)24-16-23(25(33)17-26(24)36-32(28)40)31(39)38-27-8-11-35-30(37-27)20-6-7-20/h8,11,13-17,20,22,34H,3-7,9-10,12H2,1-2H3,(H,36,40)(H,35,37,38,39). The maximum Gasteiger partial charge on any atom is 0.260 e. The van der Waals surface area contributed by atoms with E-state index < -0.39 is 5.91 Å². The average Bonchev–Trinajstić information content (AvgIpc) is 3.79. The van der Waals surface area contributed by atoms with Crippen LogP contribution in [0.1, 0.15) is 71.8 Å². The van der Waals surface area contributed by atoms with Crippen LogP contribution in [0.2, 0.25) is 5.02 Å². The van der Waals surface area contributed by atoms with Crippen molar-refractivity contribution in [3.05, 3.63) is 80.5 Å². The Bertz CT molecular complexity index is 1650. The smallest absolute Gasteiger partial charge is 0.260 e. The fourth-order valence-electron chi connectivity index (χ4n) is 5.63. The Morgan fingerprint density at radius 2 is 1.90 bits per heavy atom. The second-order valence-electron chi connectivity index (χ2n) is 11.2. The molecule has 2 aromatic heterocycles. The largest absolute Gasteiger partial charge is 0.492 e. The van der Waals surface area contributed by atoms with Gasteiger partial charge in [-0.25, -0.2) is 9.97 Å². The van der Waals surface area contributed by atoms with Crippen LogP contribution < -0.4 is 20.9 Å². The van der Waals surface area contributed by atoms with Gasteiger partial charge in [-0.1, -0.05) is 47.3 Å². The van der Waals surface area contributed by atoms with Gasteiger partial charge in [0.15, 0.2) is 0 Å². The van der Waals surface area contributed by atoms with E-state index in [1.807, 2.05) is 26.0 Å². The van der Waals surface area contributed by atoms with Gasteiger partial charge in [-0.3, -0.25) is 9.59 Å². The third-order valence-electron chi connectivity index (χ3n) is 7.79. The lowest BCUT2D eigenvalue weighted by atomic mass is 9.98. The van der Waals surface area contributed by atoms with E-state index in [0.717, 1.165) is 54.7 Å². The van der Waals surface area contributed by atoms with Gasteiger partial charge in [-0.15, -0.1) is 0 Å². The van der Waals surface area contributed by atoms with Crippen LogP contribution in [-0.4, -0.2) is 40.1 Å². The Hall–Kier alpha value is -3.75. The summed E-state index contributed by atoms with van der Waals surface area (Å²) in [5.41, 5.74) is 3.81. The first-order valence-corrected chi connectivity index (χ1v) is 14.7. The number of nitrogens with one attached hydrogen (secondary N) is 3. The van der Waals surface area contributed by atoms with Crippen LogP contribution in [-0.2, 0) is 0 Å². The van der Waals surface area contributed by atoms with Gasteiger partial charge in [0, 0.05) is 23.5 Å². The van der Waals surface area contributed by atoms with Crippen LogP contribution in [0.15, 0.2) is 47.4 Å². The third kappa shape index (κ3) is 6.14. The first-order chi connectivity index (χ1) is 19.9. The summed E-state index contributed by atoms with van der Waals surface area (Å²) in [6.07, 6.45) is 8.10. The van der Waals surface area contributed by atoms with Crippen molar-refractivity contribution in [2.75, 3.05) is 18.5 Å². The number of carbonyl (C=O) groups is 1. The predicted octanol–water partition coefficient (Wildman–Crippen LogP) is 6.30. The summed E-state index contributed by atoms with van der Waals surface area (Å²) in [6.45, 7) is 5.46. The Morgan fingerprint density at radius 1 is 1.10 bits per heavy atom. The van der Waals surface area contributed by atoms with Crippen molar-refractivity contribution in [1.82, 2.24) is 20.3 Å². The Labute approximate surface area is 243 Å². The molecule has 1 aliphatic heterocycles. The highest BCUT2D eigenvalue weighted by molar-refractivity contribution is 6.35. The second kappa shape index (κ2) is 11.6. The van der Waals surface area contributed by atoms with E-state index in [2.05, 4.69) is 31.7 Å². The zero-order valence-electron chi connectivity index (χ0n) is 23.4. The van der Waals surface area contributed by atoms with Crippen molar-refractivity contribution >= 4 is 34.2 Å². The molecule has 0 radical (unpaired) electrons. The first-order valence-electron chi connectivity index (χ1n) is 14.3. The number of nitrogens with zero attached hydrogens (tertiary/aromatic N) is 2. The summed E-state index contributed by atoms with van der Waals surface area (Å²) in [7, 11) is 0. The van der Waals surface area contributed by atoms with Gasteiger partial charge in [0.2, 0.25) is 0 Å². The third-order valence-corrected chi connectivity index (χ3v) is 8.11. The number of carbonyl (C=O) groups excluding carboxylic acids is 1. The van der Waals surface area contributed by atoms with Crippen LogP contribution >= 0.6 is 11.6 Å². The zero-order valence-corrected chi connectivity index (χ0v) is 24.1. The average molecular weight is 572 g/mol. The molecule has 0 bridgehead atoms. The minimum absolute atomic E-state index is 0.221. The van der Waals surface area contributed by atoms with Gasteiger partial charge < -0.3 is 20.4 Å². The van der Waals surface area contributed by atoms with Crippen molar-refractivity contribution in [3.8, 4) is 16.9 Å². The number of amides is 1. The summed E-state index contributed by atoms with van der Waals surface area (Å²) in [6, 6.07) is 11.4. The number of aryl methyl sites for hydroxylation is 2. The normalized spacial score (nSPS) is 17.0. The predicted molar refractivity (Wildman–Crippen MR) is 162 cm³/mol. The van der Waals surface area contributed by atoms with E-state index >= 15 is 0 Å². The summed E-state index contributed by atoms with van der Waals surface area (Å²) in [5, 5.41) is 7.26. The summed E-state index contributed by atoms with van der Waals surface area (Å²) >= 11 is 6.60. The maximum absolute atomic E-state index is 13.5. The first kappa shape index (κ1) is 27.4. The quantitative estimate of drug-likeness (QED) is 0.229. The monoisotopic (exact) mass is 571 g/mol. The highest BCUT2D eigenvalue weighted by Gasteiger charge is 2.27. The number of halogens is 1. The highest BCUT2D eigenvalue weighted by Crippen LogP contribution is 2.39. The number of fused-ring (bicyclic) bond motifs is 1. The molecule has 1 unspecified atom stereocenters. The number of benzene rings is 2. The molecule has 0 spiro atoms. The number of aromatic amines is 1. The van der Waals surface area contributed by atoms with Crippen molar-refractivity contribution in [2.45, 2.75) is 64.3 Å². The van der Waals surface area contributed by atoms with Gasteiger partial charge in [-0.2, -0.15) is 0 Å². The number of hydrogen-bond acceptors (Lipinski definition) is 6. The van der Waals surface area contributed by atoms with Crippen LogP contribution in [0, 0.1) is 13.8 Å². The van der Waals surface area contributed by atoms with Crippen molar-refractivity contribution in [3.63, 3.8) is 0 Å². The van der Waals surface area contributed by atoms with Crippen LogP contribution in [0.5, 0.6) is 5.75 Å². The molecule has 6 rings (SSSR count). The number of rotatable bonds is 8. The highest BCUT2D eigenvalue weighted by atomic mass is 35.5. The fourth-order valence-corrected chi connectivity index (χ4v) is 5.88. The molecule has 1 saturated heterocycles. The summed E-state index contributed by atoms with van der Waals surface area (Å²) < 4.78 is 6.45. The maximum atomic E-state index is 13.5. The van der Waals surface area contributed by atoms with Gasteiger partial charge in [0.25, 0.3) is 11.5 Å². The number of piperidine rings is 1. The molecule has 1 atom stereocenters. The number of anilines is 1. The van der Waals surface area contributed by atoms with E-state index in [1.54, 1.807) is 24.4 Å². The summed E-state index contributed by atoms with van der Waals surface area (Å²) in [5.74, 6) is 1.59. The molecule has 2 aromatic carbocycles. The molecule has 2 fully saturated rings. The molecular weight excluding hydrogens is 538 g/mol. The molecule has 8 nitrogen and oxygen atoms in total. The topological polar surface area (TPSA) is 109 Å². The van der Waals surface area contributed by atoms with E-state index in [9.17, 15) is 9.59 Å². The molecule has 4 aromatic rings.